The smallest absolute Gasteiger partial charge is 0.402 e. The van der Waals surface area contributed by atoms with E-state index >= 15 is 0 Å². The van der Waals surface area contributed by atoms with E-state index in [1.165, 1.54) is 6.07 Å². The average molecular weight is 368 g/mol. The van der Waals surface area contributed by atoms with Crippen LogP contribution in [0.5, 0.6) is 0 Å². The third-order valence-electron chi connectivity index (χ3n) is 2.58. The van der Waals surface area contributed by atoms with Crippen molar-refractivity contribution in [2.45, 2.75) is 31.7 Å². The number of hydrogen-bond acceptors (Lipinski definition) is 2. The second-order valence-corrected chi connectivity index (χ2v) is 4.98. The molecule has 0 fully saturated rings. The molecule has 20 heavy (non-hydrogen) atoms. The van der Waals surface area contributed by atoms with E-state index in [0.717, 1.165) is 6.26 Å². The van der Waals surface area contributed by atoms with Crippen LogP contribution in [-0.4, -0.2) is 18.9 Å². The Morgan fingerprint density at radius 3 is 2.10 bits per heavy atom. The summed E-state index contributed by atoms with van der Waals surface area (Å²) >= 11 is 2.89. The minimum absolute atomic E-state index is 0.000463. The highest BCUT2D eigenvalue weighted by Crippen LogP contribution is 2.47. The first-order valence-electron chi connectivity index (χ1n) is 5.68. The number of halogens is 7. The van der Waals surface area contributed by atoms with Gasteiger partial charge in [-0.3, -0.25) is 0 Å². The fraction of sp³-hybridized carbons (Fsp3) is 0.636. The Balaban J connectivity index is 3.22. The van der Waals surface area contributed by atoms with Crippen LogP contribution in [0.3, 0.4) is 0 Å². The molecule has 0 saturated carbocycles. The molecule has 9 heteroatoms. The van der Waals surface area contributed by atoms with E-state index in [0.29, 0.717) is 6.42 Å². The molecule has 1 aromatic heterocycles. The maximum Gasteiger partial charge on any atom is 0.402 e. The van der Waals surface area contributed by atoms with E-state index in [1.54, 1.807) is 6.92 Å². The summed E-state index contributed by atoms with van der Waals surface area (Å²) in [7, 11) is 0. The SMILES string of the molecule is CCCNC(c1occc1Br)C(C(F)(F)F)C(F)(F)F. The van der Waals surface area contributed by atoms with Gasteiger partial charge < -0.3 is 9.73 Å². The van der Waals surface area contributed by atoms with Gasteiger partial charge in [0.25, 0.3) is 0 Å². The lowest BCUT2D eigenvalue weighted by atomic mass is 9.96. The molecule has 0 aliphatic heterocycles. The largest absolute Gasteiger partial charge is 0.466 e. The van der Waals surface area contributed by atoms with Gasteiger partial charge in [-0.25, -0.2) is 0 Å². The third-order valence-corrected chi connectivity index (χ3v) is 3.24. The van der Waals surface area contributed by atoms with Crippen molar-refractivity contribution in [2.24, 2.45) is 5.92 Å². The quantitative estimate of drug-likeness (QED) is 0.754. The summed E-state index contributed by atoms with van der Waals surface area (Å²) in [5.41, 5.74) is 0. The van der Waals surface area contributed by atoms with Crippen LogP contribution >= 0.6 is 15.9 Å². The molecule has 0 aliphatic rings. The zero-order valence-electron chi connectivity index (χ0n) is 10.3. The van der Waals surface area contributed by atoms with Crippen molar-refractivity contribution in [3.8, 4) is 0 Å². The standard InChI is InChI=1S/C11H12BrF6NO/c1-2-4-19-7(8-6(12)3-5-20-8)9(10(13,14)15)11(16,17)18/h3,5,7,9,19H,2,4H2,1H3. The molecule has 1 unspecified atom stereocenters. The number of hydrogen-bond donors (Lipinski definition) is 1. The maximum absolute atomic E-state index is 12.8. The average Bonchev–Trinajstić information content (AvgIpc) is 2.66. The molecule has 0 saturated heterocycles. The fourth-order valence-electron chi connectivity index (χ4n) is 1.75. The molecule has 1 atom stereocenters. The molecular weight excluding hydrogens is 356 g/mol. The third kappa shape index (κ3) is 4.15. The van der Waals surface area contributed by atoms with E-state index in [9.17, 15) is 26.3 Å². The van der Waals surface area contributed by atoms with Crippen molar-refractivity contribution in [1.29, 1.82) is 0 Å². The number of rotatable bonds is 5. The Morgan fingerprint density at radius 2 is 1.75 bits per heavy atom. The highest BCUT2D eigenvalue weighted by molar-refractivity contribution is 9.10. The van der Waals surface area contributed by atoms with Gasteiger partial charge in [0, 0.05) is 0 Å². The summed E-state index contributed by atoms with van der Waals surface area (Å²) in [6, 6.07) is -0.779. The van der Waals surface area contributed by atoms with Crippen LogP contribution in [0.15, 0.2) is 21.2 Å². The molecule has 0 radical (unpaired) electrons. The van der Waals surface area contributed by atoms with E-state index < -0.39 is 30.1 Å². The molecular formula is C11H12BrF6NO. The normalized spacial score (nSPS) is 14.8. The molecule has 0 aliphatic carbocycles. The summed E-state index contributed by atoms with van der Waals surface area (Å²) in [5.74, 6) is -3.96. The van der Waals surface area contributed by atoms with E-state index in [4.69, 9.17) is 4.42 Å². The van der Waals surface area contributed by atoms with Crippen molar-refractivity contribution in [1.82, 2.24) is 5.32 Å². The fourth-order valence-corrected chi connectivity index (χ4v) is 2.20. The summed E-state index contributed by atoms with van der Waals surface area (Å²) in [6.07, 6.45) is -9.45. The van der Waals surface area contributed by atoms with Gasteiger partial charge in [-0.1, -0.05) is 6.92 Å². The van der Waals surface area contributed by atoms with Crippen LogP contribution in [0.4, 0.5) is 26.3 Å². The molecule has 0 bridgehead atoms. The first-order chi connectivity index (χ1) is 9.09. The topological polar surface area (TPSA) is 25.2 Å². The van der Waals surface area contributed by atoms with Crippen LogP contribution in [-0.2, 0) is 0 Å². The minimum atomic E-state index is -5.43. The Morgan fingerprint density at radius 1 is 1.20 bits per heavy atom. The number of furan rings is 1. The Labute approximate surface area is 119 Å². The predicted octanol–water partition coefficient (Wildman–Crippen LogP) is 4.82. The molecule has 1 aromatic rings. The maximum atomic E-state index is 12.8. The monoisotopic (exact) mass is 367 g/mol. The molecule has 1 N–H and O–H groups in total. The zero-order valence-corrected chi connectivity index (χ0v) is 11.9. The van der Waals surface area contributed by atoms with Gasteiger partial charge in [0.1, 0.15) is 5.76 Å². The van der Waals surface area contributed by atoms with Crippen molar-refractivity contribution in [3.05, 3.63) is 22.6 Å². The van der Waals surface area contributed by atoms with Crippen molar-refractivity contribution < 1.29 is 30.8 Å². The van der Waals surface area contributed by atoms with E-state index in [1.807, 2.05) is 0 Å². The second kappa shape index (κ2) is 6.38. The van der Waals surface area contributed by atoms with Crippen molar-refractivity contribution in [2.75, 3.05) is 6.54 Å². The lowest BCUT2D eigenvalue weighted by Crippen LogP contribution is -2.46. The zero-order chi connectivity index (χ0) is 15.6. The van der Waals surface area contributed by atoms with Gasteiger partial charge >= 0.3 is 12.4 Å². The highest BCUT2D eigenvalue weighted by Gasteiger charge is 2.61. The van der Waals surface area contributed by atoms with Gasteiger partial charge in [0.2, 0.25) is 0 Å². The summed E-state index contributed by atoms with van der Waals surface area (Å²) in [6.45, 7) is 1.64. The van der Waals surface area contributed by atoms with Crippen LogP contribution in [0.1, 0.15) is 25.1 Å². The van der Waals surface area contributed by atoms with Crippen molar-refractivity contribution in [3.63, 3.8) is 0 Å². The van der Waals surface area contributed by atoms with Gasteiger partial charge in [0.05, 0.1) is 16.8 Å². The first kappa shape index (κ1) is 17.4. The molecule has 2 nitrogen and oxygen atoms in total. The molecule has 1 rings (SSSR count). The second-order valence-electron chi connectivity index (χ2n) is 4.13. The van der Waals surface area contributed by atoms with Gasteiger partial charge in [0.15, 0.2) is 5.92 Å². The van der Waals surface area contributed by atoms with Gasteiger partial charge in [-0.2, -0.15) is 26.3 Å². The summed E-state index contributed by atoms with van der Waals surface area (Å²) < 4.78 is 81.6. The van der Waals surface area contributed by atoms with Crippen LogP contribution in [0.25, 0.3) is 0 Å². The molecule has 0 amide bonds. The first-order valence-corrected chi connectivity index (χ1v) is 6.48. The number of alkyl halides is 6. The van der Waals surface area contributed by atoms with Crippen molar-refractivity contribution >= 4 is 15.9 Å². The predicted molar refractivity (Wildman–Crippen MR) is 63.0 cm³/mol. The van der Waals surface area contributed by atoms with E-state index in [2.05, 4.69) is 21.2 Å². The lowest BCUT2D eigenvalue weighted by molar-refractivity contribution is -0.293. The van der Waals surface area contributed by atoms with Crippen LogP contribution in [0, 0.1) is 5.92 Å². The molecule has 116 valence electrons. The highest BCUT2D eigenvalue weighted by atomic mass is 79.9. The molecule has 1 heterocycles. The number of nitrogens with one attached hydrogen (secondary N) is 1. The van der Waals surface area contributed by atoms with Gasteiger partial charge in [-0.15, -0.1) is 0 Å². The Bertz CT molecular complexity index is 413. The Kier molecular flexibility index (Phi) is 5.54. The van der Waals surface area contributed by atoms with E-state index in [-0.39, 0.29) is 11.0 Å². The van der Waals surface area contributed by atoms with Gasteiger partial charge in [-0.05, 0) is 35.0 Å². The molecule has 0 aromatic carbocycles. The minimum Gasteiger partial charge on any atom is -0.466 e. The summed E-state index contributed by atoms with van der Waals surface area (Å²) in [5, 5.41) is 2.26. The lowest BCUT2D eigenvalue weighted by Gasteiger charge is -2.30. The Hall–Kier alpha value is -0.700. The summed E-state index contributed by atoms with van der Waals surface area (Å²) in [4.78, 5) is 0. The van der Waals surface area contributed by atoms with Crippen LogP contribution < -0.4 is 5.32 Å². The molecule has 0 spiro atoms. The van der Waals surface area contributed by atoms with Crippen LogP contribution in [0.2, 0.25) is 0 Å².